The van der Waals surface area contributed by atoms with E-state index in [4.69, 9.17) is 14.9 Å². The summed E-state index contributed by atoms with van der Waals surface area (Å²) in [5.41, 5.74) is -1.12. The molecule has 0 bridgehead atoms. The molecule has 4 amide bonds. The molecule has 42 heavy (non-hydrogen) atoms. The Morgan fingerprint density at radius 2 is 1.83 bits per heavy atom. The van der Waals surface area contributed by atoms with Gasteiger partial charge in [0.15, 0.2) is 0 Å². The number of carbonyl (C=O) groups excluding carboxylic acids is 4. The highest BCUT2D eigenvalue weighted by atomic mass is 32.2. The average Bonchev–Trinajstić information content (AvgIpc) is 3.15. The van der Waals surface area contributed by atoms with Crippen molar-refractivity contribution in [1.82, 2.24) is 15.5 Å². The Labute approximate surface area is 250 Å². The van der Waals surface area contributed by atoms with Crippen molar-refractivity contribution in [2.75, 3.05) is 19.7 Å². The lowest BCUT2D eigenvalue weighted by Gasteiger charge is -2.28. The molecule has 1 aliphatic rings. The topological polar surface area (TPSA) is 223 Å². The molecule has 238 valence electrons. The van der Waals surface area contributed by atoms with Gasteiger partial charge < -0.3 is 25.5 Å². The summed E-state index contributed by atoms with van der Waals surface area (Å²) in [6, 6.07) is 1.91. The minimum absolute atomic E-state index is 0.0132. The van der Waals surface area contributed by atoms with Crippen LogP contribution in [-0.2, 0) is 33.1 Å². The molecule has 14 nitrogen and oxygen atoms in total. The van der Waals surface area contributed by atoms with Crippen molar-refractivity contribution in [2.45, 2.75) is 102 Å². The van der Waals surface area contributed by atoms with Crippen LogP contribution in [0.4, 0.5) is 0 Å². The van der Waals surface area contributed by atoms with E-state index in [-0.39, 0.29) is 63.6 Å². The van der Waals surface area contributed by atoms with Gasteiger partial charge in [0.25, 0.3) is 0 Å². The van der Waals surface area contributed by atoms with Crippen molar-refractivity contribution in [2.24, 2.45) is 5.41 Å². The first-order chi connectivity index (χ1) is 19.6. The fraction of sp³-hybridized carbons (Fsp3) is 0.769. The van der Waals surface area contributed by atoms with Crippen LogP contribution in [-0.4, -0.2) is 85.6 Å². The first-order valence-electron chi connectivity index (χ1n) is 14.0. The Morgan fingerprint density at radius 1 is 1.17 bits per heavy atom. The Balaban J connectivity index is 2.56. The van der Waals surface area contributed by atoms with Gasteiger partial charge in [0.1, 0.15) is 0 Å². The van der Waals surface area contributed by atoms with Crippen LogP contribution in [0, 0.1) is 16.7 Å². The number of nitriles is 1. The molecule has 1 rings (SSSR count). The zero-order chi connectivity index (χ0) is 31.9. The van der Waals surface area contributed by atoms with Gasteiger partial charge in [-0.25, -0.2) is 4.57 Å². The number of carbonyl (C=O) groups is 5. The average molecular weight is 635 g/mol. The maximum absolute atomic E-state index is 13.1. The zero-order valence-electron chi connectivity index (χ0n) is 24.4. The molecular formula is C26H43N4O10PS. The minimum atomic E-state index is -4.45. The third-order valence-electron chi connectivity index (χ3n) is 6.49. The Hall–Kier alpha value is -2.50. The predicted octanol–water partition coefficient (Wildman–Crippen LogP) is 2.09. The standard InChI is InChI=1S/C26H43N4O10PS/c1-18(2)29-24(35)20(16-26(3,17-27)11-10-23(33)34)42-19-15-22(32)30(25(19)36)13-8-9-21(31)28-12-6-4-5-7-14-40-41(37,38)39/h18-20H,4-16H2,1-3H3,(H,28,31)(H,29,35)(H,33,34)(H2,37,38,39). The zero-order valence-corrected chi connectivity index (χ0v) is 26.1. The Bertz CT molecular complexity index is 1050. The van der Waals surface area contributed by atoms with Crippen molar-refractivity contribution in [3.8, 4) is 6.07 Å². The van der Waals surface area contributed by atoms with E-state index in [2.05, 4.69) is 21.2 Å². The number of amides is 4. The fourth-order valence-corrected chi connectivity index (χ4v) is 6.15. The molecule has 1 fully saturated rings. The van der Waals surface area contributed by atoms with Gasteiger partial charge in [-0.3, -0.25) is 33.4 Å². The van der Waals surface area contributed by atoms with Crippen LogP contribution in [0.25, 0.3) is 0 Å². The SMILES string of the molecule is CC(C)NC(=O)C(CC(C)(C#N)CCC(=O)O)SC1CC(=O)N(CCCC(=O)NCCCCCCOP(=O)(O)O)C1=O. The number of carboxylic acid groups (broad SMARTS) is 1. The van der Waals surface area contributed by atoms with Crippen LogP contribution >= 0.6 is 19.6 Å². The second-order valence-corrected chi connectivity index (χ2v) is 13.5. The molecule has 1 heterocycles. The number of rotatable bonds is 21. The van der Waals surface area contributed by atoms with Crippen LogP contribution in [0.1, 0.15) is 85.0 Å². The van der Waals surface area contributed by atoms with Crippen LogP contribution in [0.5, 0.6) is 0 Å². The number of aliphatic carboxylic acids is 1. The molecule has 3 unspecified atom stereocenters. The van der Waals surface area contributed by atoms with Crippen LogP contribution in [0.15, 0.2) is 0 Å². The molecule has 16 heteroatoms. The summed E-state index contributed by atoms with van der Waals surface area (Å²) in [6.45, 7) is 5.55. The summed E-state index contributed by atoms with van der Waals surface area (Å²) in [6.07, 6.45) is 2.65. The first-order valence-corrected chi connectivity index (χ1v) is 16.4. The summed E-state index contributed by atoms with van der Waals surface area (Å²) in [4.78, 5) is 80.1. The quantitative estimate of drug-likeness (QED) is 0.0695. The van der Waals surface area contributed by atoms with E-state index in [9.17, 15) is 33.8 Å². The van der Waals surface area contributed by atoms with Crippen LogP contribution < -0.4 is 10.6 Å². The molecule has 5 N–H and O–H groups in total. The fourth-order valence-electron chi connectivity index (χ4n) is 4.25. The van der Waals surface area contributed by atoms with Crippen molar-refractivity contribution in [3.05, 3.63) is 0 Å². The molecular weight excluding hydrogens is 591 g/mol. The van der Waals surface area contributed by atoms with Gasteiger partial charge in [0.05, 0.1) is 28.6 Å². The van der Waals surface area contributed by atoms with E-state index in [1.807, 2.05) is 0 Å². The smallest absolute Gasteiger partial charge is 0.469 e. The summed E-state index contributed by atoms with van der Waals surface area (Å²) < 4.78 is 15.0. The number of imide groups is 1. The number of hydrogen-bond donors (Lipinski definition) is 5. The molecule has 0 aromatic heterocycles. The maximum Gasteiger partial charge on any atom is 0.469 e. The molecule has 1 aliphatic heterocycles. The summed E-state index contributed by atoms with van der Waals surface area (Å²) >= 11 is 1.01. The van der Waals surface area contributed by atoms with E-state index >= 15 is 0 Å². The van der Waals surface area contributed by atoms with E-state index in [1.54, 1.807) is 20.8 Å². The number of carboxylic acids is 1. The highest BCUT2D eigenvalue weighted by molar-refractivity contribution is 8.02. The molecule has 0 aliphatic carbocycles. The van der Waals surface area contributed by atoms with Crippen molar-refractivity contribution in [3.63, 3.8) is 0 Å². The lowest BCUT2D eigenvalue weighted by molar-refractivity contribution is -0.139. The first kappa shape index (κ1) is 37.5. The van der Waals surface area contributed by atoms with Gasteiger partial charge in [0.2, 0.25) is 23.6 Å². The Kier molecular flexibility index (Phi) is 16.3. The van der Waals surface area contributed by atoms with Crippen molar-refractivity contribution < 1.29 is 48.0 Å². The maximum atomic E-state index is 13.1. The molecule has 3 atom stereocenters. The van der Waals surface area contributed by atoms with Gasteiger partial charge >= 0.3 is 13.8 Å². The van der Waals surface area contributed by atoms with E-state index < -0.39 is 47.4 Å². The third-order valence-corrected chi connectivity index (χ3v) is 8.41. The number of nitrogens with one attached hydrogen (secondary N) is 2. The summed E-state index contributed by atoms with van der Waals surface area (Å²) in [7, 11) is -4.45. The van der Waals surface area contributed by atoms with Gasteiger partial charge in [-0.1, -0.05) is 12.8 Å². The van der Waals surface area contributed by atoms with Gasteiger partial charge in [-0.15, -0.1) is 11.8 Å². The number of nitrogens with zero attached hydrogens (tertiary/aromatic N) is 2. The monoisotopic (exact) mass is 634 g/mol. The van der Waals surface area contributed by atoms with Gasteiger partial charge in [-0.05, 0) is 52.9 Å². The molecule has 0 aromatic carbocycles. The minimum Gasteiger partial charge on any atom is -0.481 e. The lowest BCUT2D eigenvalue weighted by Crippen LogP contribution is -2.41. The Morgan fingerprint density at radius 3 is 2.43 bits per heavy atom. The van der Waals surface area contributed by atoms with Crippen LogP contribution in [0.2, 0.25) is 0 Å². The third kappa shape index (κ3) is 15.1. The van der Waals surface area contributed by atoms with Crippen molar-refractivity contribution >= 4 is 49.2 Å². The molecule has 0 spiro atoms. The second kappa shape index (κ2) is 18.2. The number of unbranched alkanes of at least 4 members (excludes halogenated alkanes) is 3. The number of phosphoric acid groups is 1. The largest absolute Gasteiger partial charge is 0.481 e. The van der Waals surface area contributed by atoms with Gasteiger partial charge in [0, 0.05) is 38.4 Å². The summed E-state index contributed by atoms with van der Waals surface area (Å²) in [5.74, 6) is -2.54. The highest BCUT2D eigenvalue weighted by Gasteiger charge is 2.42. The molecule has 0 aromatic rings. The van der Waals surface area contributed by atoms with Crippen LogP contribution in [0.3, 0.4) is 0 Å². The number of likely N-dealkylation sites (tertiary alicyclic amines) is 1. The van der Waals surface area contributed by atoms with E-state index in [0.29, 0.717) is 25.8 Å². The molecule has 0 radical (unpaired) electrons. The van der Waals surface area contributed by atoms with Crippen molar-refractivity contribution in [1.29, 1.82) is 5.26 Å². The lowest BCUT2D eigenvalue weighted by atomic mass is 9.82. The van der Waals surface area contributed by atoms with Gasteiger partial charge in [-0.2, -0.15) is 5.26 Å². The van der Waals surface area contributed by atoms with E-state index in [1.165, 1.54) is 0 Å². The molecule has 0 saturated carbocycles. The van der Waals surface area contributed by atoms with E-state index in [0.717, 1.165) is 23.1 Å². The normalized spacial score (nSPS) is 17.5. The predicted molar refractivity (Wildman–Crippen MR) is 154 cm³/mol. The second-order valence-electron chi connectivity index (χ2n) is 10.8. The number of phosphoric ester groups is 1. The number of hydrogen-bond acceptors (Lipinski definition) is 9. The number of thioether (sulfide) groups is 1. The molecule has 1 saturated heterocycles. The summed E-state index contributed by atoms with van der Waals surface area (Å²) in [5, 5.41) is 22.6. The highest BCUT2D eigenvalue weighted by Crippen LogP contribution is 2.37.